The zero-order valence-corrected chi connectivity index (χ0v) is 6.95. The lowest BCUT2D eigenvalue weighted by atomic mass is 10.4. The van der Waals surface area contributed by atoms with Gasteiger partial charge in [0.25, 0.3) is 0 Å². The Morgan fingerprint density at radius 1 is 1.58 bits per heavy atom. The molecule has 0 spiro atoms. The van der Waals surface area contributed by atoms with E-state index < -0.39 is 0 Å². The second kappa shape index (κ2) is 4.56. The van der Waals surface area contributed by atoms with Crippen LogP contribution in [0.4, 0.5) is 5.82 Å². The van der Waals surface area contributed by atoms with Crippen LogP contribution in [0, 0.1) is 0 Å². The first-order valence-corrected chi connectivity index (χ1v) is 3.75. The van der Waals surface area contributed by atoms with E-state index in [4.69, 9.17) is 9.84 Å². The van der Waals surface area contributed by atoms with Crippen molar-refractivity contribution in [3.05, 3.63) is 18.2 Å². The molecule has 0 radical (unpaired) electrons. The summed E-state index contributed by atoms with van der Waals surface area (Å²) in [5.74, 6) is 1.28. The molecule has 0 atom stereocenters. The molecule has 0 aliphatic carbocycles. The van der Waals surface area contributed by atoms with Crippen LogP contribution in [0.3, 0.4) is 0 Å². The van der Waals surface area contributed by atoms with Gasteiger partial charge in [0.2, 0.25) is 5.88 Å². The Hall–Kier alpha value is -1.29. The maximum absolute atomic E-state index is 8.49. The summed E-state index contributed by atoms with van der Waals surface area (Å²) >= 11 is 0. The van der Waals surface area contributed by atoms with Crippen molar-refractivity contribution >= 4 is 5.82 Å². The number of aliphatic hydroxyl groups is 1. The number of ether oxygens (including phenoxy) is 1. The highest BCUT2D eigenvalue weighted by Gasteiger charge is 1.94. The van der Waals surface area contributed by atoms with Crippen molar-refractivity contribution < 1.29 is 9.84 Å². The molecule has 1 rings (SSSR count). The number of rotatable bonds is 4. The lowest BCUT2D eigenvalue weighted by Crippen LogP contribution is -2.03. The van der Waals surface area contributed by atoms with Crippen molar-refractivity contribution in [2.24, 2.45) is 0 Å². The third kappa shape index (κ3) is 2.39. The van der Waals surface area contributed by atoms with Crippen LogP contribution < -0.4 is 10.1 Å². The number of aliphatic hydroxyl groups excluding tert-OH is 1. The summed E-state index contributed by atoms with van der Waals surface area (Å²) in [4.78, 5) is 4.08. The molecule has 1 aromatic rings. The second-order valence-electron chi connectivity index (χ2n) is 2.18. The number of pyridine rings is 1. The maximum atomic E-state index is 8.49. The van der Waals surface area contributed by atoms with Crippen LogP contribution in [-0.4, -0.2) is 30.4 Å². The molecule has 12 heavy (non-hydrogen) atoms. The summed E-state index contributed by atoms with van der Waals surface area (Å²) in [5.41, 5.74) is 0. The second-order valence-corrected chi connectivity index (χ2v) is 2.18. The lowest BCUT2D eigenvalue weighted by Gasteiger charge is -2.04. The number of hydrogen-bond donors (Lipinski definition) is 2. The SMILES string of the molecule is CNc1cccc(OCCO)n1. The summed E-state index contributed by atoms with van der Waals surface area (Å²) in [7, 11) is 1.79. The molecule has 0 saturated heterocycles. The summed E-state index contributed by atoms with van der Waals surface area (Å²) < 4.78 is 5.10. The van der Waals surface area contributed by atoms with Crippen molar-refractivity contribution in [3.8, 4) is 5.88 Å². The number of anilines is 1. The molecule has 0 unspecified atom stereocenters. The number of hydrogen-bond acceptors (Lipinski definition) is 4. The molecule has 0 bridgehead atoms. The van der Waals surface area contributed by atoms with Crippen molar-refractivity contribution in [1.29, 1.82) is 0 Å². The van der Waals surface area contributed by atoms with Crippen molar-refractivity contribution in [2.45, 2.75) is 0 Å². The molecule has 66 valence electrons. The van der Waals surface area contributed by atoms with Gasteiger partial charge in [-0.05, 0) is 6.07 Å². The van der Waals surface area contributed by atoms with Crippen LogP contribution in [0.5, 0.6) is 5.88 Å². The maximum Gasteiger partial charge on any atom is 0.215 e. The fourth-order valence-corrected chi connectivity index (χ4v) is 0.785. The fraction of sp³-hybridized carbons (Fsp3) is 0.375. The van der Waals surface area contributed by atoms with Crippen LogP contribution in [0.2, 0.25) is 0 Å². The van der Waals surface area contributed by atoms with Crippen molar-refractivity contribution in [3.63, 3.8) is 0 Å². The van der Waals surface area contributed by atoms with E-state index in [1.165, 1.54) is 0 Å². The Morgan fingerprint density at radius 2 is 2.42 bits per heavy atom. The largest absolute Gasteiger partial charge is 0.475 e. The summed E-state index contributed by atoms with van der Waals surface area (Å²) in [6, 6.07) is 5.42. The normalized spacial score (nSPS) is 9.50. The zero-order chi connectivity index (χ0) is 8.81. The van der Waals surface area contributed by atoms with Crippen LogP contribution >= 0.6 is 0 Å². The van der Waals surface area contributed by atoms with Gasteiger partial charge in [0.15, 0.2) is 0 Å². The Labute approximate surface area is 71.2 Å². The molecule has 4 heteroatoms. The average Bonchev–Trinajstić information content (AvgIpc) is 2.15. The predicted octanol–water partition coefficient (Wildman–Crippen LogP) is 0.494. The minimum atomic E-state index is 0.00542. The van der Waals surface area contributed by atoms with Gasteiger partial charge in [-0.2, -0.15) is 4.98 Å². The molecule has 2 N–H and O–H groups in total. The Morgan fingerprint density at radius 3 is 3.08 bits per heavy atom. The zero-order valence-electron chi connectivity index (χ0n) is 6.95. The molecular weight excluding hydrogens is 156 g/mol. The van der Waals surface area contributed by atoms with Gasteiger partial charge < -0.3 is 15.2 Å². The molecule has 0 amide bonds. The molecule has 4 nitrogen and oxygen atoms in total. The van der Waals surface area contributed by atoms with Crippen LogP contribution in [-0.2, 0) is 0 Å². The van der Waals surface area contributed by atoms with Crippen LogP contribution in [0.25, 0.3) is 0 Å². The van der Waals surface area contributed by atoms with Gasteiger partial charge in [-0.1, -0.05) is 6.07 Å². The predicted molar refractivity (Wildman–Crippen MR) is 46.4 cm³/mol. The quantitative estimate of drug-likeness (QED) is 0.687. The summed E-state index contributed by atoms with van der Waals surface area (Å²) in [5, 5.41) is 11.4. The molecule has 0 saturated carbocycles. The van der Waals surface area contributed by atoms with Gasteiger partial charge in [0.1, 0.15) is 12.4 Å². The standard InChI is InChI=1S/C8H12N2O2/c1-9-7-3-2-4-8(10-7)12-6-5-11/h2-4,11H,5-6H2,1H3,(H,9,10). The first-order chi connectivity index (χ1) is 5.86. The van der Waals surface area contributed by atoms with Gasteiger partial charge >= 0.3 is 0 Å². The Balaban J connectivity index is 2.60. The van der Waals surface area contributed by atoms with E-state index in [1.807, 2.05) is 12.1 Å². The van der Waals surface area contributed by atoms with E-state index in [0.29, 0.717) is 5.88 Å². The van der Waals surface area contributed by atoms with E-state index in [0.717, 1.165) is 5.82 Å². The highest BCUT2D eigenvalue weighted by molar-refractivity contribution is 5.35. The monoisotopic (exact) mass is 168 g/mol. The third-order valence-corrected chi connectivity index (χ3v) is 1.32. The topological polar surface area (TPSA) is 54.4 Å². The van der Waals surface area contributed by atoms with E-state index in [1.54, 1.807) is 13.1 Å². The van der Waals surface area contributed by atoms with Gasteiger partial charge in [-0.25, -0.2) is 0 Å². The summed E-state index contributed by atoms with van der Waals surface area (Å²) in [6.07, 6.45) is 0. The van der Waals surface area contributed by atoms with Gasteiger partial charge in [0.05, 0.1) is 6.61 Å². The van der Waals surface area contributed by atoms with E-state index in [9.17, 15) is 0 Å². The molecule has 0 aliphatic rings. The smallest absolute Gasteiger partial charge is 0.215 e. The Kier molecular flexibility index (Phi) is 3.35. The lowest BCUT2D eigenvalue weighted by molar-refractivity contribution is 0.197. The minimum absolute atomic E-state index is 0.00542. The number of aromatic nitrogens is 1. The minimum Gasteiger partial charge on any atom is -0.475 e. The van der Waals surface area contributed by atoms with Gasteiger partial charge in [-0.15, -0.1) is 0 Å². The Bertz CT molecular complexity index is 240. The van der Waals surface area contributed by atoms with Crippen molar-refractivity contribution in [1.82, 2.24) is 4.98 Å². The highest BCUT2D eigenvalue weighted by Crippen LogP contribution is 2.09. The third-order valence-electron chi connectivity index (χ3n) is 1.32. The molecule has 0 aromatic carbocycles. The molecule has 1 heterocycles. The fourth-order valence-electron chi connectivity index (χ4n) is 0.785. The summed E-state index contributed by atoms with van der Waals surface area (Å²) in [6.45, 7) is 0.283. The molecule has 0 aliphatic heterocycles. The van der Waals surface area contributed by atoms with Crippen LogP contribution in [0.1, 0.15) is 0 Å². The molecular formula is C8H12N2O2. The van der Waals surface area contributed by atoms with E-state index in [2.05, 4.69) is 10.3 Å². The van der Waals surface area contributed by atoms with E-state index >= 15 is 0 Å². The first kappa shape index (κ1) is 8.80. The number of nitrogens with zero attached hydrogens (tertiary/aromatic N) is 1. The first-order valence-electron chi connectivity index (χ1n) is 3.75. The average molecular weight is 168 g/mol. The van der Waals surface area contributed by atoms with E-state index in [-0.39, 0.29) is 13.2 Å². The van der Waals surface area contributed by atoms with Gasteiger partial charge in [0, 0.05) is 13.1 Å². The van der Waals surface area contributed by atoms with Crippen molar-refractivity contribution in [2.75, 3.05) is 25.6 Å². The highest BCUT2D eigenvalue weighted by atomic mass is 16.5. The molecule has 1 aromatic heterocycles. The van der Waals surface area contributed by atoms with Crippen LogP contribution in [0.15, 0.2) is 18.2 Å². The van der Waals surface area contributed by atoms with Gasteiger partial charge in [-0.3, -0.25) is 0 Å². The molecule has 0 fully saturated rings. The number of nitrogens with one attached hydrogen (secondary N) is 1.